The van der Waals surface area contributed by atoms with Crippen LogP contribution in [-0.4, -0.2) is 12.1 Å². The Bertz CT molecular complexity index is 214. The highest BCUT2D eigenvalue weighted by Crippen LogP contribution is 2.55. The Morgan fingerprint density at radius 1 is 1.00 bits per heavy atom. The summed E-state index contributed by atoms with van der Waals surface area (Å²) in [6.45, 7) is 5.88. The van der Waals surface area contributed by atoms with Crippen molar-refractivity contribution in [1.82, 2.24) is 5.32 Å². The van der Waals surface area contributed by atoms with Gasteiger partial charge in [-0.05, 0) is 68.7 Å². The molecule has 4 rings (SSSR count). The summed E-state index contributed by atoms with van der Waals surface area (Å²) in [4.78, 5) is 0. The van der Waals surface area contributed by atoms with Crippen LogP contribution in [0.5, 0.6) is 0 Å². The van der Waals surface area contributed by atoms with E-state index in [9.17, 15) is 0 Å². The smallest absolute Gasteiger partial charge is 0.0189 e. The van der Waals surface area contributed by atoms with Gasteiger partial charge in [-0.25, -0.2) is 0 Å². The van der Waals surface area contributed by atoms with Gasteiger partial charge in [0.15, 0.2) is 0 Å². The molecule has 4 saturated carbocycles. The molecule has 0 spiro atoms. The predicted molar refractivity (Wildman–Crippen MR) is 71.0 cm³/mol. The lowest BCUT2D eigenvalue weighted by atomic mass is 9.53. The Morgan fingerprint density at radius 3 is 1.81 bits per heavy atom. The molecular weight excluding hydrogens is 218 g/mol. The number of hydrogen-bond acceptors (Lipinski definition) is 1. The second-order valence-electron chi connectivity index (χ2n) is 6.97. The predicted octanol–water partition coefficient (Wildman–Crippen LogP) is 3.62. The standard InChI is InChI=1S/C14H25N.ClH/c1-10(2)9-15-14-6-11-3-12(7-14)5-13(4-11)8-14;/h10-13,15H,3-9H2,1-2H3;1H. The van der Waals surface area contributed by atoms with E-state index in [0.717, 1.165) is 23.7 Å². The summed E-state index contributed by atoms with van der Waals surface area (Å²) in [6, 6.07) is 0. The summed E-state index contributed by atoms with van der Waals surface area (Å²) >= 11 is 0. The van der Waals surface area contributed by atoms with Gasteiger partial charge in [-0.1, -0.05) is 13.8 Å². The molecule has 1 N–H and O–H groups in total. The van der Waals surface area contributed by atoms with Crippen molar-refractivity contribution in [3.8, 4) is 0 Å². The van der Waals surface area contributed by atoms with Crippen LogP contribution in [-0.2, 0) is 0 Å². The van der Waals surface area contributed by atoms with E-state index in [4.69, 9.17) is 0 Å². The third-order valence-electron chi connectivity index (χ3n) is 4.92. The Labute approximate surface area is 106 Å². The first-order valence-electron chi connectivity index (χ1n) is 6.90. The molecule has 0 unspecified atom stereocenters. The minimum Gasteiger partial charge on any atom is -0.311 e. The van der Waals surface area contributed by atoms with E-state index in [-0.39, 0.29) is 12.4 Å². The van der Waals surface area contributed by atoms with E-state index in [1.165, 1.54) is 25.8 Å². The average molecular weight is 244 g/mol. The highest BCUT2D eigenvalue weighted by molar-refractivity contribution is 5.85. The first-order chi connectivity index (χ1) is 7.15. The van der Waals surface area contributed by atoms with Gasteiger partial charge in [0.25, 0.3) is 0 Å². The van der Waals surface area contributed by atoms with Gasteiger partial charge in [0.1, 0.15) is 0 Å². The topological polar surface area (TPSA) is 12.0 Å². The molecule has 0 aromatic rings. The first kappa shape index (κ1) is 12.7. The van der Waals surface area contributed by atoms with Crippen LogP contribution in [0.15, 0.2) is 0 Å². The monoisotopic (exact) mass is 243 g/mol. The normalized spacial score (nSPS) is 44.8. The molecule has 94 valence electrons. The fourth-order valence-corrected chi connectivity index (χ4v) is 4.75. The van der Waals surface area contributed by atoms with Crippen LogP contribution in [0.25, 0.3) is 0 Å². The summed E-state index contributed by atoms with van der Waals surface area (Å²) in [7, 11) is 0. The molecule has 0 amide bonds. The molecule has 0 atom stereocenters. The summed E-state index contributed by atoms with van der Waals surface area (Å²) in [5.41, 5.74) is 0.582. The van der Waals surface area contributed by atoms with Gasteiger partial charge < -0.3 is 5.32 Å². The largest absolute Gasteiger partial charge is 0.311 e. The summed E-state index contributed by atoms with van der Waals surface area (Å²) < 4.78 is 0. The van der Waals surface area contributed by atoms with Crippen molar-refractivity contribution in [2.45, 2.75) is 57.9 Å². The molecule has 0 aromatic carbocycles. The fourth-order valence-electron chi connectivity index (χ4n) is 4.75. The van der Waals surface area contributed by atoms with Crippen molar-refractivity contribution in [3.05, 3.63) is 0 Å². The fraction of sp³-hybridized carbons (Fsp3) is 1.00. The van der Waals surface area contributed by atoms with Gasteiger partial charge >= 0.3 is 0 Å². The zero-order chi connectivity index (χ0) is 10.5. The van der Waals surface area contributed by atoms with E-state index in [0.29, 0.717) is 5.54 Å². The minimum atomic E-state index is 0. The summed E-state index contributed by atoms with van der Waals surface area (Å²) in [6.07, 6.45) is 9.15. The maximum Gasteiger partial charge on any atom is 0.0189 e. The van der Waals surface area contributed by atoms with Gasteiger partial charge in [-0.2, -0.15) is 0 Å². The van der Waals surface area contributed by atoms with Crippen LogP contribution >= 0.6 is 12.4 Å². The minimum absolute atomic E-state index is 0. The molecular formula is C14H26ClN. The Balaban J connectivity index is 0.000000963. The van der Waals surface area contributed by atoms with Crippen molar-refractivity contribution >= 4 is 12.4 Å². The van der Waals surface area contributed by atoms with Crippen molar-refractivity contribution in [1.29, 1.82) is 0 Å². The SMILES string of the molecule is CC(C)CNC12CC3CC(CC(C3)C1)C2.Cl. The average Bonchev–Trinajstić information content (AvgIpc) is 2.12. The van der Waals surface area contributed by atoms with Crippen LogP contribution in [0.1, 0.15) is 52.4 Å². The molecule has 1 nitrogen and oxygen atoms in total. The Kier molecular flexibility index (Phi) is 3.57. The summed E-state index contributed by atoms with van der Waals surface area (Å²) in [5.74, 6) is 4.04. The molecule has 0 aromatic heterocycles. The lowest BCUT2D eigenvalue weighted by Crippen LogP contribution is -2.58. The molecule has 0 heterocycles. The third-order valence-corrected chi connectivity index (χ3v) is 4.92. The van der Waals surface area contributed by atoms with Gasteiger partial charge in [0.2, 0.25) is 0 Å². The molecule has 16 heavy (non-hydrogen) atoms. The highest BCUT2D eigenvalue weighted by Gasteiger charge is 2.50. The molecule has 2 heteroatoms. The Hall–Kier alpha value is 0.250. The van der Waals surface area contributed by atoms with Gasteiger partial charge in [0, 0.05) is 5.54 Å². The van der Waals surface area contributed by atoms with E-state index in [1.54, 1.807) is 19.3 Å². The quantitative estimate of drug-likeness (QED) is 0.799. The zero-order valence-corrected chi connectivity index (χ0v) is 11.5. The molecule has 4 aliphatic carbocycles. The van der Waals surface area contributed by atoms with Crippen molar-refractivity contribution in [2.24, 2.45) is 23.7 Å². The maximum atomic E-state index is 3.93. The van der Waals surface area contributed by atoms with Crippen LogP contribution in [0, 0.1) is 23.7 Å². The van der Waals surface area contributed by atoms with E-state index >= 15 is 0 Å². The van der Waals surface area contributed by atoms with Gasteiger partial charge in [-0.3, -0.25) is 0 Å². The molecule has 0 aliphatic heterocycles. The second kappa shape index (κ2) is 4.49. The molecule has 4 aliphatic rings. The van der Waals surface area contributed by atoms with E-state index in [1.807, 2.05) is 0 Å². The maximum absolute atomic E-state index is 3.93. The van der Waals surface area contributed by atoms with Gasteiger partial charge in [-0.15, -0.1) is 12.4 Å². The van der Waals surface area contributed by atoms with Crippen LogP contribution < -0.4 is 5.32 Å². The summed E-state index contributed by atoms with van der Waals surface area (Å²) in [5, 5.41) is 3.93. The Morgan fingerprint density at radius 2 is 1.44 bits per heavy atom. The van der Waals surface area contributed by atoms with Crippen molar-refractivity contribution in [3.63, 3.8) is 0 Å². The molecule has 4 fully saturated rings. The molecule has 4 bridgehead atoms. The second-order valence-corrected chi connectivity index (χ2v) is 6.97. The van der Waals surface area contributed by atoms with Crippen molar-refractivity contribution < 1.29 is 0 Å². The number of nitrogens with one attached hydrogen (secondary N) is 1. The number of rotatable bonds is 3. The van der Waals surface area contributed by atoms with Crippen molar-refractivity contribution in [2.75, 3.05) is 6.54 Å². The zero-order valence-electron chi connectivity index (χ0n) is 10.7. The van der Waals surface area contributed by atoms with E-state index in [2.05, 4.69) is 19.2 Å². The molecule has 0 radical (unpaired) electrons. The van der Waals surface area contributed by atoms with Crippen LogP contribution in [0.3, 0.4) is 0 Å². The number of hydrogen-bond donors (Lipinski definition) is 1. The van der Waals surface area contributed by atoms with Crippen LogP contribution in [0.4, 0.5) is 0 Å². The molecule has 0 saturated heterocycles. The number of halogens is 1. The van der Waals surface area contributed by atoms with Crippen LogP contribution in [0.2, 0.25) is 0 Å². The lowest BCUT2D eigenvalue weighted by Gasteiger charge is -2.57. The first-order valence-corrected chi connectivity index (χ1v) is 6.90. The third kappa shape index (κ3) is 2.26. The van der Waals surface area contributed by atoms with E-state index < -0.39 is 0 Å². The lowest BCUT2D eigenvalue weighted by molar-refractivity contribution is -0.0207. The highest BCUT2D eigenvalue weighted by atomic mass is 35.5. The van der Waals surface area contributed by atoms with Gasteiger partial charge in [0.05, 0.1) is 0 Å².